The van der Waals surface area contributed by atoms with Crippen molar-refractivity contribution >= 4 is 11.9 Å². The zero-order chi connectivity index (χ0) is 12.3. The number of aliphatic imine (C=N–C) groups is 1. The van der Waals surface area contributed by atoms with Gasteiger partial charge in [-0.2, -0.15) is 15.8 Å². The molecule has 78 valence electrons. The predicted molar refractivity (Wildman–Crippen MR) is 61.2 cm³/mol. The van der Waals surface area contributed by atoms with E-state index >= 15 is 0 Å². The van der Waals surface area contributed by atoms with Gasteiger partial charge in [-0.05, 0) is 11.6 Å². The molecule has 1 unspecified atom stereocenters. The van der Waals surface area contributed by atoms with Gasteiger partial charge in [0.15, 0.2) is 0 Å². The molecule has 0 aromatic heterocycles. The van der Waals surface area contributed by atoms with Crippen molar-refractivity contribution in [3.63, 3.8) is 0 Å². The van der Waals surface area contributed by atoms with Gasteiger partial charge in [0.1, 0.15) is 17.7 Å². The average molecular weight is 218 g/mol. The lowest BCUT2D eigenvalue weighted by Gasteiger charge is -2.07. The van der Waals surface area contributed by atoms with Crippen LogP contribution in [0.15, 0.2) is 40.4 Å². The van der Waals surface area contributed by atoms with Crippen LogP contribution in [0.3, 0.4) is 0 Å². The minimum absolute atomic E-state index is 0.152. The molecule has 4 heteroatoms. The van der Waals surface area contributed by atoms with Gasteiger partial charge in [-0.1, -0.05) is 18.2 Å². The Morgan fingerprint density at radius 1 is 1.06 bits per heavy atom. The van der Waals surface area contributed by atoms with Crippen molar-refractivity contribution in [2.24, 2.45) is 4.99 Å². The molecule has 4 nitrogen and oxygen atoms in total. The highest BCUT2D eigenvalue weighted by molar-refractivity contribution is 5.86. The number of nitrogens with zero attached hydrogens (tertiary/aromatic N) is 4. The van der Waals surface area contributed by atoms with E-state index in [9.17, 15) is 0 Å². The van der Waals surface area contributed by atoms with Gasteiger partial charge in [0, 0.05) is 6.21 Å². The van der Waals surface area contributed by atoms with Gasteiger partial charge in [0.25, 0.3) is 0 Å². The lowest BCUT2D eigenvalue weighted by atomic mass is 9.91. The third-order valence-corrected chi connectivity index (χ3v) is 2.56. The standard InChI is InChI=1S/C13H6N4/c14-5-9(6-15)11(7-16)12-8-17-13-4-2-1-3-10(12)13/h1-4,8,12H. The number of hydrogen-bond donors (Lipinski definition) is 0. The third kappa shape index (κ3) is 1.67. The minimum Gasteiger partial charge on any atom is -0.260 e. The topological polar surface area (TPSA) is 83.7 Å². The first kappa shape index (κ1) is 10.6. The van der Waals surface area contributed by atoms with Crippen molar-refractivity contribution in [3.05, 3.63) is 41.0 Å². The molecule has 1 aliphatic rings. The zero-order valence-corrected chi connectivity index (χ0v) is 8.75. The molecule has 1 aliphatic heterocycles. The highest BCUT2D eigenvalue weighted by atomic mass is 14.8. The Bertz CT molecular complexity index is 631. The summed E-state index contributed by atoms with van der Waals surface area (Å²) in [5, 5.41) is 26.7. The molecule has 0 fully saturated rings. The Morgan fingerprint density at radius 3 is 2.41 bits per heavy atom. The van der Waals surface area contributed by atoms with E-state index in [0.717, 1.165) is 11.3 Å². The quantitative estimate of drug-likeness (QED) is 0.678. The van der Waals surface area contributed by atoms with Gasteiger partial charge in [-0.3, -0.25) is 4.99 Å². The Balaban J connectivity index is 2.57. The second-order valence-electron chi connectivity index (χ2n) is 3.44. The van der Waals surface area contributed by atoms with Gasteiger partial charge in [-0.15, -0.1) is 0 Å². The largest absolute Gasteiger partial charge is 0.260 e. The number of nitriles is 3. The van der Waals surface area contributed by atoms with Crippen LogP contribution in [0.5, 0.6) is 0 Å². The summed E-state index contributed by atoms with van der Waals surface area (Å²) in [6, 6.07) is 12.8. The molecule has 0 saturated heterocycles. The second-order valence-corrected chi connectivity index (χ2v) is 3.44. The maximum absolute atomic E-state index is 9.07. The number of fused-ring (bicyclic) bond motifs is 1. The molecule has 0 radical (unpaired) electrons. The minimum atomic E-state index is -0.384. The van der Waals surface area contributed by atoms with Gasteiger partial charge >= 0.3 is 0 Å². The van der Waals surface area contributed by atoms with Crippen molar-refractivity contribution in [2.75, 3.05) is 0 Å². The molecule has 0 aliphatic carbocycles. The maximum Gasteiger partial charge on any atom is 0.144 e. The van der Waals surface area contributed by atoms with E-state index in [0.29, 0.717) is 0 Å². The molecule has 0 amide bonds. The monoisotopic (exact) mass is 218 g/mol. The fourth-order valence-corrected chi connectivity index (χ4v) is 1.76. The summed E-state index contributed by atoms with van der Waals surface area (Å²) in [6.45, 7) is 0. The van der Waals surface area contributed by atoms with Crippen LogP contribution in [0.25, 0.3) is 0 Å². The highest BCUT2D eigenvalue weighted by Crippen LogP contribution is 2.36. The summed E-state index contributed by atoms with van der Waals surface area (Å²) < 4.78 is 0. The van der Waals surface area contributed by atoms with Gasteiger partial charge in [0.2, 0.25) is 0 Å². The van der Waals surface area contributed by atoms with Crippen LogP contribution in [0.1, 0.15) is 11.5 Å². The SMILES string of the molecule is N#CC(C#N)=C(C#N)C1C=Nc2ccccc21. The van der Waals surface area contributed by atoms with Crippen LogP contribution in [0.2, 0.25) is 0 Å². The number of para-hydroxylation sites is 1. The summed E-state index contributed by atoms with van der Waals surface area (Å²) in [6.07, 6.45) is 1.60. The van der Waals surface area contributed by atoms with Crippen LogP contribution in [-0.4, -0.2) is 6.21 Å². The van der Waals surface area contributed by atoms with E-state index in [1.807, 2.05) is 30.3 Å². The first-order valence-corrected chi connectivity index (χ1v) is 4.89. The molecular weight excluding hydrogens is 212 g/mol. The fourth-order valence-electron chi connectivity index (χ4n) is 1.76. The van der Waals surface area contributed by atoms with E-state index in [1.54, 1.807) is 18.4 Å². The Hall–Kier alpha value is -2.90. The van der Waals surface area contributed by atoms with Crippen molar-refractivity contribution in [1.29, 1.82) is 15.8 Å². The molecule has 0 spiro atoms. The van der Waals surface area contributed by atoms with Crippen LogP contribution in [0.4, 0.5) is 5.69 Å². The van der Waals surface area contributed by atoms with Crippen LogP contribution < -0.4 is 0 Å². The van der Waals surface area contributed by atoms with E-state index in [-0.39, 0.29) is 17.1 Å². The smallest absolute Gasteiger partial charge is 0.144 e. The normalized spacial score (nSPS) is 15.2. The summed E-state index contributed by atoms with van der Waals surface area (Å²) in [5.74, 6) is -0.384. The maximum atomic E-state index is 9.07. The lowest BCUT2D eigenvalue weighted by molar-refractivity contribution is 1.13. The Labute approximate surface area is 98.4 Å². The molecule has 2 rings (SSSR count). The van der Waals surface area contributed by atoms with Crippen LogP contribution >= 0.6 is 0 Å². The average Bonchev–Trinajstić information content (AvgIpc) is 2.79. The lowest BCUT2D eigenvalue weighted by Crippen LogP contribution is -2.01. The molecular formula is C13H6N4. The zero-order valence-electron chi connectivity index (χ0n) is 8.75. The van der Waals surface area contributed by atoms with Crippen LogP contribution in [-0.2, 0) is 0 Å². The molecule has 0 saturated carbocycles. The Morgan fingerprint density at radius 2 is 1.76 bits per heavy atom. The van der Waals surface area contributed by atoms with Crippen molar-refractivity contribution in [1.82, 2.24) is 0 Å². The predicted octanol–water partition coefficient (Wildman–Crippen LogP) is 2.35. The molecule has 0 bridgehead atoms. The Kier molecular flexibility index (Phi) is 2.69. The first-order valence-electron chi connectivity index (χ1n) is 4.89. The third-order valence-electron chi connectivity index (χ3n) is 2.56. The van der Waals surface area contributed by atoms with Crippen molar-refractivity contribution < 1.29 is 0 Å². The van der Waals surface area contributed by atoms with E-state index in [2.05, 4.69) is 4.99 Å². The number of rotatable bonds is 1. The number of allylic oxidation sites excluding steroid dienone is 2. The summed E-state index contributed by atoms with van der Waals surface area (Å²) in [4.78, 5) is 4.17. The highest BCUT2D eigenvalue weighted by Gasteiger charge is 2.25. The van der Waals surface area contributed by atoms with E-state index < -0.39 is 0 Å². The summed E-state index contributed by atoms with van der Waals surface area (Å²) in [5.41, 5.74) is 1.64. The second kappa shape index (κ2) is 4.31. The summed E-state index contributed by atoms with van der Waals surface area (Å²) >= 11 is 0. The number of benzene rings is 1. The molecule has 0 N–H and O–H groups in total. The van der Waals surface area contributed by atoms with Gasteiger partial charge in [0.05, 0.1) is 23.2 Å². The molecule has 1 aromatic carbocycles. The first-order chi connectivity index (χ1) is 8.31. The van der Waals surface area contributed by atoms with Crippen LogP contribution in [0, 0.1) is 34.0 Å². The molecule has 17 heavy (non-hydrogen) atoms. The van der Waals surface area contributed by atoms with E-state index in [4.69, 9.17) is 15.8 Å². The summed E-state index contributed by atoms with van der Waals surface area (Å²) in [7, 11) is 0. The van der Waals surface area contributed by atoms with Crippen molar-refractivity contribution in [3.8, 4) is 18.2 Å². The van der Waals surface area contributed by atoms with E-state index in [1.165, 1.54) is 0 Å². The fraction of sp³-hybridized carbons (Fsp3) is 0.0769. The molecule has 1 aromatic rings. The molecule has 1 atom stereocenters. The van der Waals surface area contributed by atoms with Gasteiger partial charge < -0.3 is 0 Å². The van der Waals surface area contributed by atoms with Crippen molar-refractivity contribution in [2.45, 2.75) is 5.92 Å². The van der Waals surface area contributed by atoms with Gasteiger partial charge in [-0.25, -0.2) is 0 Å². The molecule has 1 heterocycles. The number of hydrogen-bond acceptors (Lipinski definition) is 4.